The molecule has 8 nitrogen and oxygen atoms in total. The van der Waals surface area contributed by atoms with Gasteiger partial charge in [0.15, 0.2) is 0 Å². The maximum Gasteiger partial charge on any atom is 0.306 e. The summed E-state index contributed by atoms with van der Waals surface area (Å²) in [6.45, 7) is 7.49. The number of aryl methyl sites for hydroxylation is 2. The summed E-state index contributed by atoms with van der Waals surface area (Å²) in [7, 11) is 0. The highest BCUT2D eigenvalue weighted by Crippen LogP contribution is 2.29. The van der Waals surface area contributed by atoms with Crippen LogP contribution in [0, 0.1) is 11.3 Å². The highest BCUT2D eigenvalue weighted by atomic mass is 16.4. The van der Waals surface area contributed by atoms with Crippen molar-refractivity contribution in [3.05, 3.63) is 35.5 Å². The summed E-state index contributed by atoms with van der Waals surface area (Å²) in [6, 6.07) is 8.40. The number of aliphatic carboxylic acids is 1. The van der Waals surface area contributed by atoms with Crippen LogP contribution in [0.2, 0.25) is 0 Å². The first-order valence-corrected chi connectivity index (χ1v) is 14.1. The Morgan fingerprint density at radius 3 is 2.65 bits per heavy atom. The Morgan fingerprint density at radius 1 is 1.16 bits per heavy atom. The van der Waals surface area contributed by atoms with E-state index in [-0.39, 0.29) is 29.7 Å². The molecule has 4 N–H and O–H groups in total. The van der Waals surface area contributed by atoms with Gasteiger partial charge in [-0.05, 0) is 95.3 Å². The van der Waals surface area contributed by atoms with E-state index in [1.54, 1.807) is 0 Å². The first-order chi connectivity index (χ1) is 17.8. The van der Waals surface area contributed by atoms with Gasteiger partial charge < -0.3 is 20.3 Å². The van der Waals surface area contributed by atoms with Crippen molar-refractivity contribution < 1.29 is 14.7 Å². The minimum atomic E-state index is -0.710. The van der Waals surface area contributed by atoms with Crippen LogP contribution in [0.1, 0.15) is 76.5 Å². The van der Waals surface area contributed by atoms with E-state index >= 15 is 0 Å². The van der Waals surface area contributed by atoms with Gasteiger partial charge in [0.1, 0.15) is 5.84 Å². The lowest BCUT2D eigenvalue weighted by atomic mass is 10.0. The minimum absolute atomic E-state index is 0.0578. The third kappa shape index (κ3) is 6.00. The molecule has 4 rings (SSSR count). The lowest BCUT2D eigenvalue weighted by molar-refractivity contribution is -0.142. The number of carbonyl (C=O) groups excluding carboxylic acids is 1. The van der Waals surface area contributed by atoms with Crippen molar-refractivity contribution in [3.63, 3.8) is 0 Å². The van der Waals surface area contributed by atoms with Gasteiger partial charge in [-0.1, -0.05) is 19.1 Å². The number of rotatable bonds is 12. The van der Waals surface area contributed by atoms with Gasteiger partial charge in [-0.2, -0.15) is 0 Å². The topological polar surface area (TPSA) is 116 Å². The Morgan fingerprint density at radius 2 is 1.95 bits per heavy atom. The number of benzene rings is 1. The van der Waals surface area contributed by atoms with E-state index in [0.29, 0.717) is 12.8 Å². The monoisotopic (exact) mass is 509 g/mol. The molecule has 0 aliphatic carbocycles. The molecule has 2 aromatic rings. The standard InChI is InChI=1S/C29H43N5O3/c1-3-20(29(36)37)8-5-15-32-16-7-10-25(32)28(35)34-17-6-9-23(34)13-14-24-18-21-11-12-22(27(30)31)19-26(21)33(24)4-2/h11-12,18-20,23,25H,3-10,13-17H2,1-2H3,(H3,30,31)(H,36,37)/t20?,23-,25+/m0/s1. The Balaban J connectivity index is 1.38. The molecular formula is C29H43N5O3. The first-order valence-electron chi connectivity index (χ1n) is 14.1. The van der Waals surface area contributed by atoms with Crippen molar-refractivity contribution in [1.82, 2.24) is 14.4 Å². The number of carboxylic acids is 1. The number of aromatic nitrogens is 1. The van der Waals surface area contributed by atoms with E-state index in [4.69, 9.17) is 11.1 Å². The molecule has 202 valence electrons. The summed E-state index contributed by atoms with van der Waals surface area (Å²) in [5.41, 5.74) is 8.84. The number of fused-ring (bicyclic) bond motifs is 1. The predicted octanol–water partition coefficient (Wildman–Crippen LogP) is 4.22. The number of likely N-dealkylation sites (tertiary alicyclic amines) is 2. The van der Waals surface area contributed by atoms with Gasteiger partial charge in [0.05, 0.1) is 12.0 Å². The molecule has 2 aliphatic rings. The molecule has 1 unspecified atom stereocenters. The number of carboxylic acid groups (broad SMARTS) is 1. The predicted molar refractivity (Wildman–Crippen MR) is 147 cm³/mol. The SMILES string of the molecule is CCC(CCCN1CCC[C@@H]1C(=O)N1CCC[C@H]1CCc1cc2ccc(C(=N)N)cc2n1CC)C(=O)O. The maximum atomic E-state index is 13.7. The zero-order valence-electron chi connectivity index (χ0n) is 22.4. The van der Waals surface area contributed by atoms with Crippen molar-refractivity contribution in [1.29, 1.82) is 5.41 Å². The molecule has 0 radical (unpaired) electrons. The number of nitrogen functional groups attached to an aromatic ring is 1. The third-order valence-electron chi connectivity index (χ3n) is 8.50. The van der Waals surface area contributed by atoms with Crippen LogP contribution < -0.4 is 5.73 Å². The average molecular weight is 510 g/mol. The van der Waals surface area contributed by atoms with Crippen LogP contribution in [0.4, 0.5) is 0 Å². The van der Waals surface area contributed by atoms with Crippen LogP contribution in [0.3, 0.4) is 0 Å². The summed E-state index contributed by atoms with van der Waals surface area (Å²) >= 11 is 0. The summed E-state index contributed by atoms with van der Waals surface area (Å²) < 4.78 is 2.31. The number of carbonyl (C=O) groups is 2. The second-order valence-electron chi connectivity index (χ2n) is 10.7. The zero-order valence-corrected chi connectivity index (χ0v) is 22.4. The minimum Gasteiger partial charge on any atom is -0.481 e. The number of amides is 1. The lowest BCUT2D eigenvalue weighted by Gasteiger charge is -2.31. The summed E-state index contributed by atoms with van der Waals surface area (Å²) in [5.74, 6) is -0.641. The van der Waals surface area contributed by atoms with Crippen molar-refractivity contribution in [2.45, 2.75) is 90.3 Å². The van der Waals surface area contributed by atoms with E-state index in [9.17, 15) is 14.7 Å². The first kappa shape index (κ1) is 27.2. The van der Waals surface area contributed by atoms with Crippen molar-refractivity contribution >= 4 is 28.6 Å². The normalized spacial score (nSPS) is 21.1. The Bertz CT molecular complexity index is 1130. The number of amidine groups is 1. The lowest BCUT2D eigenvalue weighted by Crippen LogP contribution is -2.47. The van der Waals surface area contributed by atoms with Gasteiger partial charge in [0.2, 0.25) is 5.91 Å². The quantitative estimate of drug-likeness (QED) is 0.293. The van der Waals surface area contributed by atoms with Gasteiger partial charge in [-0.25, -0.2) is 0 Å². The Kier molecular flexibility index (Phi) is 8.90. The van der Waals surface area contributed by atoms with Crippen LogP contribution >= 0.6 is 0 Å². The third-order valence-corrected chi connectivity index (χ3v) is 8.50. The van der Waals surface area contributed by atoms with Gasteiger partial charge in [0.25, 0.3) is 0 Å². The van der Waals surface area contributed by atoms with E-state index in [1.807, 2.05) is 25.1 Å². The van der Waals surface area contributed by atoms with Crippen molar-refractivity contribution in [2.24, 2.45) is 11.7 Å². The van der Waals surface area contributed by atoms with Gasteiger partial charge in [0, 0.05) is 35.9 Å². The van der Waals surface area contributed by atoms with Crippen molar-refractivity contribution in [3.8, 4) is 0 Å². The number of hydrogen-bond acceptors (Lipinski definition) is 4. The molecule has 0 saturated carbocycles. The van der Waals surface area contributed by atoms with Crippen LogP contribution in [-0.2, 0) is 22.6 Å². The second-order valence-corrected chi connectivity index (χ2v) is 10.7. The molecule has 2 aliphatic heterocycles. The van der Waals surface area contributed by atoms with Crippen LogP contribution in [-0.4, -0.2) is 68.9 Å². The van der Waals surface area contributed by atoms with E-state index in [2.05, 4.69) is 27.4 Å². The molecule has 2 saturated heterocycles. The number of nitrogens with one attached hydrogen (secondary N) is 1. The molecule has 8 heteroatoms. The van der Waals surface area contributed by atoms with Gasteiger partial charge in [-0.3, -0.25) is 19.9 Å². The largest absolute Gasteiger partial charge is 0.481 e. The van der Waals surface area contributed by atoms with E-state index < -0.39 is 5.97 Å². The molecular weight excluding hydrogens is 466 g/mol. The molecule has 1 aromatic carbocycles. The van der Waals surface area contributed by atoms with Gasteiger partial charge >= 0.3 is 5.97 Å². The molecule has 3 heterocycles. The smallest absolute Gasteiger partial charge is 0.306 e. The highest BCUT2D eigenvalue weighted by molar-refractivity contribution is 5.98. The number of hydrogen-bond donors (Lipinski definition) is 3. The maximum absolute atomic E-state index is 13.7. The number of nitrogens with zero attached hydrogens (tertiary/aromatic N) is 3. The summed E-state index contributed by atoms with van der Waals surface area (Å²) in [6.07, 6.45) is 8.06. The Labute approximate surface area is 220 Å². The fraction of sp³-hybridized carbons (Fsp3) is 0.621. The number of nitrogens with two attached hydrogens (primary N) is 1. The zero-order chi connectivity index (χ0) is 26.5. The van der Waals surface area contributed by atoms with Gasteiger partial charge in [-0.15, -0.1) is 0 Å². The summed E-state index contributed by atoms with van der Waals surface area (Å²) in [5, 5.41) is 18.3. The summed E-state index contributed by atoms with van der Waals surface area (Å²) in [4.78, 5) is 29.4. The van der Waals surface area contributed by atoms with Crippen LogP contribution in [0.25, 0.3) is 10.9 Å². The van der Waals surface area contributed by atoms with Crippen molar-refractivity contribution in [2.75, 3.05) is 19.6 Å². The van der Waals surface area contributed by atoms with E-state index in [0.717, 1.165) is 87.6 Å². The van der Waals surface area contributed by atoms with E-state index in [1.165, 1.54) is 5.69 Å². The molecule has 2 fully saturated rings. The highest BCUT2D eigenvalue weighted by Gasteiger charge is 2.37. The average Bonchev–Trinajstić information content (AvgIpc) is 3.62. The Hall–Kier alpha value is -2.87. The fourth-order valence-corrected chi connectivity index (χ4v) is 6.41. The molecule has 1 aromatic heterocycles. The molecule has 37 heavy (non-hydrogen) atoms. The second kappa shape index (κ2) is 12.1. The molecule has 3 atom stereocenters. The van der Waals surface area contributed by atoms with Crippen LogP contribution in [0.15, 0.2) is 24.3 Å². The molecule has 0 bridgehead atoms. The molecule has 0 spiro atoms. The fourth-order valence-electron chi connectivity index (χ4n) is 6.41. The molecule has 1 amide bonds. The van der Waals surface area contributed by atoms with Crippen LogP contribution in [0.5, 0.6) is 0 Å².